The van der Waals surface area contributed by atoms with E-state index in [1.54, 1.807) is 28.0 Å². The van der Waals surface area contributed by atoms with Crippen molar-refractivity contribution in [1.29, 1.82) is 0 Å². The van der Waals surface area contributed by atoms with Crippen molar-refractivity contribution in [2.75, 3.05) is 13.1 Å². The summed E-state index contributed by atoms with van der Waals surface area (Å²) in [6.45, 7) is 0.393. The standard InChI is InChI=1S/C30H27BrF3N3O2/c31-26-7-3-1-6-25(26)29(39)37(23-13-14-23)19-28(38)36(18-20-9-11-22(12-10-20)30(32,33)34)16-15-21-17-35-27-8-4-2-5-24(21)27/h1-12,17,23,35H,13-16,18-19H2. The van der Waals surface area contributed by atoms with Gasteiger partial charge >= 0.3 is 6.18 Å². The second-order valence-corrected chi connectivity index (χ2v) is 10.6. The molecule has 3 aromatic carbocycles. The number of carbonyl (C=O) groups is 2. The summed E-state index contributed by atoms with van der Waals surface area (Å²) in [4.78, 5) is 33.6. The first-order chi connectivity index (χ1) is 18.7. The van der Waals surface area contributed by atoms with E-state index in [-0.39, 0.29) is 30.9 Å². The molecule has 1 aromatic heterocycles. The molecule has 2 amide bonds. The average molecular weight is 598 g/mol. The van der Waals surface area contributed by atoms with E-state index >= 15 is 0 Å². The fraction of sp³-hybridized carbons (Fsp3) is 0.267. The Morgan fingerprint density at radius 1 is 0.949 bits per heavy atom. The van der Waals surface area contributed by atoms with Gasteiger partial charge in [0.1, 0.15) is 6.54 Å². The van der Waals surface area contributed by atoms with Gasteiger partial charge in [-0.2, -0.15) is 13.2 Å². The van der Waals surface area contributed by atoms with Crippen molar-refractivity contribution in [3.05, 3.63) is 106 Å². The Morgan fingerprint density at radius 3 is 2.33 bits per heavy atom. The molecule has 0 bridgehead atoms. The van der Waals surface area contributed by atoms with Crippen LogP contribution in [0.15, 0.2) is 83.5 Å². The van der Waals surface area contributed by atoms with Gasteiger partial charge in [0.15, 0.2) is 0 Å². The lowest BCUT2D eigenvalue weighted by Crippen LogP contribution is -2.44. The first kappa shape index (κ1) is 27.0. The van der Waals surface area contributed by atoms with Crippen LogP contribution in [0.25, 0.3) is 10.9 Å². The molecule has 0 aliphatic heterocycles. The third-order valence-corrected chi connectivity index (χ3v) is 7.68. The monoisotopic (exact) mass is 597 g/mol. The number of aromatic amines is 1. The van der Waals surface area contributed by atoms with Gasteiger partial charge in [-0.25, -0.2) is 0 Å². The van der Waals surface area contributed by atoms with Gasteiger partial charge in [-0.15, -0.1) is 0 Å². The predicted octanol–water partition coefficient (Wildman–Crippen LogP) is 6.83. The van der Waals surface area contributed by atoms with Crippen LogP contribution in [0.3, 0.4) is 0 Å². The van der Waals surface area contributed by atoms with E-state index < -0.39 is 11.7 Å². The number of amides is 2. The number of hydrogen-bond acceptors (Lipinski definition) is 2. The molecule has 4 aromatic rings. The van der Waals surface area contributed by atoms with Gasteiger partial charge < -0.3 is 14.8 Å². The molecule has 1 saturated carbocycles. The molecule has 9 heteroatoms. The molecule has 0 unspecified atom stereocenters. The quantitative estimate of drug-likeness (QED) is 0.230. The lowest BCUT2D eigenvalue weighted by molar-refractivity contribution is -0.137. The van der Waals surface area contributed by atoms with Crippen LogP contribution >= 0.6 is 15.9 Å². The molecule has 5 nitrogen and oxygen atoms in total. The molecular weight excluding hydrogens is 571 g/mol. The van der Waals surface area contributed by atoms with Crippen molar-refractivity contribution in [3.8, 4) is 0 Å². The second kappa shape index (κ2) is 11.3. The molecular formula is C30H27BrF3N3O2. The van der Waals surface area contributed by atoms with E-state index in [4.69, 9.17) is 0 Å². The van der Waals surface area contributed by atoms with Gasteiger partial charge in [-0.05, 0) is 76.7 Å². The number of rotatable bonds is 9. The Kier molecular flexibility index (Phi) is 7.79. The highest BCUT2D eigenvalue weighted by atomic mass is 79.9. The van der Waals surface area contributed by atoms with Crippen LogP contribution in [-0.2, 0) is 23.9 Å². The number of alkyl halides is 3. The number of aromatic nitrogens is 1. The van der Waals surface area contributed by atoms with Crippen molar-refractivity contribution in [2.45, 2.75) is 38.0 Å². The van der Waals surface area contributed by atoms with E-state index in [9.17, 15) is 22.8 Å². The minimum Gasteiger partial charge on any atom is -0.361 e. The van der Waals surface area contributed by atoms with Crippen molar-refractivity contribution in [1.82, 2.24) is 14.8 Å². The summed E-state index contributed by atoms with van der Waals surface area (Å²) in [5.41, 5.74) is 2.38. The molecule has 202 valence electrons. The average Bonchev–Trinajstić information content (AvgIpc) is 3.68. The Balaban J connectivity index is 1.37. The number of halogens is 4. The third-order valence-electron chi connectivity index (χ3n) is 6.99. The molecule has 39 heavy (non-hydrogen) atoms. The zero-order valence-electron chi connectivity index (χ0n) is 21.0. The maximum atomic E-state index is 13.7. The third kappa shape index (κ3) is 6.36. The van der Waals surface area contributed by atoms with E-state index in [1.807, 2.05) is 36.5 Å². The maximum absolute atomic E-state index is 13.7. The number of hydrogen-bond donors (Lipinski definition) is 1. The number of para-hydroxylation sites is 1. The summed E-state index contributed by atoms with van der Waals surface area (Å²) in [7, 11) is 0. The van der Waals surface area contributed by atoms with Crippen LogP contribution in [0, 0.1) is 0 Å². The molecule has 5 rings (SSSR count). The fourth-order valence-corrected chi connectivity index (χ4v) is 5.15. The summed E-state index contributed by atoms with van der Waals surface area (Å²) in [5.74, 6) is -0.466. The van der Waals surface area contributed by atoms with Gasteiger partial charge in [-0.3, -0.25) is 9.59 Å². The van der Waals surface area contributed by atoms with Crippen LogP contribution < -0.4 is 0 Å². The van der Waals surface area contributed by atoms with Crippen LogP contribution in [0.2, 0.25) is 0 Å². The van der Waals surface area contributed by atoms with Crippen molar-refractivity contribution in [3.63, 3.8) is 0 Å². The van der Waals surface area contributed by atoms with Crippen molar-refractivity contribution in [2.24, 2.45) is 0 Å². The highest BCUT2D eigenvalue weighted by molar-refractivity contribution is 9.10. The van der Waals surface area contributed by atoms with Crippen molar-refractivity contribution >= 4 is 38.6 Å². The van der Waals surface area contributed by atoms with Gasteiger partial charge in [-0.1, -0.05) is 42.5 Å². The summed E-state index contributed by atoms with van der Waals surface area (Å²) in [6.07, 6.45) is -0.300. The number of nitrogens with zero attached hydrogens (tertiary/aromatic N) is 2. The topological polar surface area (TPSA) is 56.4 Å². The van der Waals surface area contributed by atoms with Gasteiger partial charge in [0.2, 0.25) is 5.91 Å². The Labute approximate surface area is 232 Å². The molecule has 1 N–H and O–H groups in total. The lowest BCUT2D eigenvalue weighted by atomic mass is 10.1. The number of fused-ring (bicyclic) bond motifs is 1. The summed E-state index contributed by atoms with van der Waals surface area (Å²) < 4.78 is 39.9. The van der Waals surface area contributed by atoms with Crippen LogP contribution in [-0.4, -0.2) is 45.7 Å². The van der Waals surface area contributed by atoms with Crippen LogP contribution in [0.1, 0.15) is 39.9 Å². The number of benzene rings is 3. The van der Waals surface area contributed by atoms with Crippen molar-refractivity contribution < 1.29 is 22.8 Å². The predicted molar refractivity (Wildman–Crippen MR) is 147 cm³/mol. The smallest absolute Gasteiger partial charge is 0.361 e. The molecule has 0 spiro atoms. The number of nitrogens with one attached hydrogen (secondary N) is 1. The first-order valence-electron chi connectivity index (χ1n) is 12.7. The van der Waals surface area contributed by atoms with Gasteiger partial charge in [0.25, 0.3) is 5.91 Å². The fourth-order valence-electron chi connectivity index (χ4n) is 4.69. The molecule has 1 fully saturated rings. The van der Waals surface area contributed by atoms with E-state index in [1.165, 1.54) is 12.1 Å². The lowest BCUT2D eigenvalue weighted by Gasteiger charge is -2.28. The highest BCUT2D eigenvalue weighted by Gasteiger charge is 2.36. The normalized spacial score (nSPS) is 13.4. The van der Waals surface area contributed by atoms with E-state index in [2.05, 4.69) is 20.9 Å². The molecule has 0 atom stereocenters. The second-order valence-electron chi connectivity index (χ2n) is 9.76. The number of carbonyl (C=O) groups excluding carboxylic acids is 2. The summed E-state index contributed by atoms with van der Waals surface area (Å²) >= 11 is 3.43. The molecule has 1 aliphatic rings. The van der Waals surface area contributed by atoms with Crippen LogP contribution in [0.4, 0.5) is 13.2 Å². The minimum atomic E-state index is -4.43. The SMILES string of the molecule is O=C(CN(C(=O)c1ccccc1Br)C1CC1)N(CCc1c[nH]c2ccccc12)Cc1ccc(C(F)(F)F)cc1. The molecule has 0 saturated heterocycles. The Hall–Kier alpha value is -3.59. The zero-order chi connectivity index (χ0) is 27.6. The Bertz CT molecular complexity index is 1480. The highest BCUT2D eigenvalue weighted by Crippen LogP contribution is 2.31. The van der Waals surface area contributed by atoms with E-state index in [0.717, 1.165) is 41.4 Å². The Morgan fingerprint density at radius 2 is 1.64 bits per heavy atom. The first-order valence-corrected chi connectivity index (χ1v) is 13.5. The molecule has 0 radical (unpaired) electrons. The molecule has 1 heterocycles. The zero-order valence-corrected chi connectivity index (χ0v) is 22.6. The maximum Gasteiger partial charge on any atom is 0.416 e. The van der Waals surface area contributed by atoms with Gasteiger partial charge in [0.05, 0.1) is 11.1 Å². The van der Waals surface area contributed by atoms with Gasteiger partial charge in [0, 0.05) is 40.7 Å². The number of H-pyrrole nitrogens is 1. The minimum absolute atomic E-state index is 0.00454. The summed E-state index contributed by atoms with van der Waals surface area (Å²) in [6, 6.07) is 19.9. The summed E-state index contributed by atoms with van der Waals surface area (Å²) in [5, 5.41) is 1.06. The van der Waals surface area contributed by atoms with Crippen LogP contribution in [0.5, 0.6) is 0 Å². The van der Waals surface area contributed by atoms with E-state index in [0.29, 0.717) is 28.6 Å². The molecule has 1 aliphatic carbocycles. The largest absolute Gasteiger partial charge is 0.416 e.